The Morgan fingerprint density at radius 2 is 1.88 bits per heavy atom. The number of nitrogens with one attached hydrogen (secondary N) is 3. The maximum atomic E-state index is 12.5. The molecule has 5 atom stereocenters. The van der Waals surface area contributed by atoms with Crippen LogP contribution in [0.3, 0.4) is 0 Å². The zero-order valence-corrected chi connectivity index (χ0v) is 23.4. The molecule has 1 aromatic heterocycles. The lowest BCUT2D eigenvalue weighted by Crippen LogP contribution is -2.60. The first-order chi connectivity index (χ1) is 19.2. The van der Waals surface area contributed by atoms with E-state index in [0.717, 1.165) is 44.2 Å². The summed E-state index contributed by atoms with van der Waals surface area (Å²) >= 11 is 0. The van der Waals surface area contributed by atoms with Gasteiger partial charge in [0.25, 0.3) is 0 Å². The van der Waals surface area contributed by atoms with Crippen LogP contribution in [0.2, 0.25) is 0 Å². The molecular weight excluding hydrogens is 506 g/mol. The van der Waals surface area contributed by atoms with Gasteiger partial charge in [0.15, 0.2) is 6.61 Å². The second kappa shape index (κ2) is 11.2. The van der Waals surface area contributed by atoms with Crippen LogP contribution in [0.25, 0.3) is 0 Å². The molecule has 0 spiro atoms. The van der Waals surface area contributed by atoms with Crippen LogP contribution in [0, 0.1) is 45.8 Å². The molecule has 0 saturated heterocycles. The Kier molecular flexibility index (Phi) is 7.71. The second-order valence-electron chi connectivity index (χ2n) is 12.5. The topological polar surface area (TPSA) is 145 Å². The third-order valence-corrected chi connectivity index (χ3v) is 8.33. The van der Waals surface area contributed by atoms with Gasteiger partial charge in [-0.2, -0.15) is 15.5 Å². The molecule has 10 heteroatoms. The van der Waals surface area contributed by atoms with Crippen LogP contribution in [-0.2, 0) is 11.3 Å². The van der Waals surface area contributed by atoms with Crippen molar-refractivity contribution in [2.45, 2.75) is 71.1 Å². The minimum absolute atomic E-state index is 0.0272. The highest BCUT2D eigenvalue weighted by Gasteiger charge is 2.55. The van der Waals surface area contributed by atoms with Crippen molar-refractivity contribution in [2.24, 2.45) is 23.2 Å². The number of carbonyl (C=O) groups is 1. The summed E-state index contributed by atoms with van der Waals surface area (Å²) in [6.45, 7) is 6.77. The lowest BCUT2D eigenvalue weighted by atomic mass is 9.48. The van der Waals surface area contributed by atoms with Gasteiger partial charge in [0.2, 0.25) is 5.95 Å². The zero-order valence-electron chi connectivity index (χ0n) is 23.4. The number of hydrogen-bond donors (Lipinski definition) is 3. The van der Waals surface area contributed by atoms with E-state index in [-0.39, 0.29) is 24.2 Å². The summed E-state index contributed by atoms with van der Waals surface area (Å²) in [6, 6.07) is 11.8. The molecule has 6 rings (SSSR count). The van der Waals surface area contributed by atoms with Gasteiger partial charge in [-0.1, -0.05) is 18.2 Å². The van der Waals surface area contributed by atoms with Crippen molar-refractivity contribution in [2.75, 3.05) is 23.8 Å². The van der Waals surface area contributed by atoms with Crippen molar-refractivity contribution >= 4 is 17.9 Å². The van der Waals surface area contributed by atoms with Crippen molar-refractivity contribution < 1.29 is 14.3 Å². The van der Waals surface area contributed by atoms with Gasteiger partial charge >= 0.3 is 6.09 Å². The van der Waals surface area contributed by atoms with Crippen LogP contribution in [-0.4, -0.2) is 40.9 Å². The summed E-state index contributed by atoms with van der Waals surface area (Å²) in [4.78, 5) is 21.5. The molecule has 1 amide bonds. The molecule has 2 aromatic rings. The largest absolute Gasteiger partial charge is 0.478 e. The Labute approximate surface area is 235 Å². The van der Waals surface area contributed by atoms with E-state index in [1.54, 1.807) is 0 Å². The molecule has 210 valence electrons. The maximum absolute atomic E-state index is 12.5. The molecule has 3 N–H and O–H groups in total. The highest BCUT2D eigenvalue weighted by atomic mass is 16.6. The molecule has 4 aliphatic rings. The number of ether oxygens (including phenoxy) is 2. The fourth-order valence-electron chi connectivity index (χ4n) is 7.12. The highest BCUT2D eigenvalue weighted by Crippen LogP contribution is 2.60. The Hall–Kier alpha value is -4.05. The Balaban J connectivity index is 1.23. The molecular formula is C30H37N7O3. The molecule has 4 fully saturated rings. The lowest BCUT2D eigenvalue weighted by molar-refractivity contribution is -0.0703. The van der Waals surface area contributed by atoms with E-state index in [4.69, 9.17) is 14.7 Å². The number of aromatic nitrogens is 2. The van der Waals surface area contributed by atoms with Crippen molar-refractivity contribution in [3.05, 3.63) is 41.6 Å². The summed E-state index contributed by atoms with van der Waals surface area (Å²) in [5, 5.41) is 28.5. The van der Waals surface area contributed by atoms with E-state index in [1.165, 1.54) is 6.20 Å². The number of nitriles is 2. The first-order valence-corrected chi connectivity index (χ1v) is 14.0. The van der Waals surface area contributed by atoms with Crippen molar-refractivity contribution in [1.82, 2.24) is 15.3 Å². The summed E-state index contributed by atoms with van der Waals surface area (Å²) in [5.41, 5.74) is 0.880. The fraction of sp³-hybridized carbons (Fsp3) is 0.567. The number of para-hydroxylation sites is 1. The van der Waals surface area contributed by atoms with E-state index in [0.29, 0.717) is 47.4 Å². The van der Waals surface area contributed by atoms with E-state index >= 15 is 0 Å². The van der Waals surface area contributed by atoms with Gasteiger partial charge in [0.05, 0.1) is 6.20 Å². The van der Waals surface area contributed by atoms with Crippen molar-refractivity contribution in [3.8, 4) is 17.9 Å². The molecule has 0 radical (unpaired) electrons. The van der Waals surface area contributed by atoms with E-state index in [9.17, 15) is 10.1 Å². The van der Waals surface area contributed by atoms with Gasteiger partial charge in [-0.05, 0) is 82.1 Å². The zero-order chi connectivity index (χ0) is 28.3. The molecule has 1 heterocycles. The van der Waals surface area contributed by atoms with Gasteiger partial charge in [0, 0.05) is 24.7 Å². The number of nitrogens with zero attached hydrogens (tertiary/aromatic N) is 4. The summed E-state index contributed by atoms with van der Waals surface area (Å²) in [7, 11) is 0. The first kappa shape index (κ1) is 27.5. The molecule has 1 aromatic carbocycles. The van der Waals surface area contributed by atoms with Crippen LogP contribution >= 0.6 is 0 Å². The monoisotopic (exact) mass is 543 g/mol. The Morgan fingerprint density at radius 1 is 1.12 bits per heavy atom. The minimum Gasteiger partial charge on any atom is -0.478 e. The normalized spacial score (nSPS) is 26.3. The summed E-state index contributed by atoms with van der Waals surface area (Å²) in [5.74, 6) is 3.09. The van der Waals surface area contributed by atoms with Gasteiger partial charge in [-0.3, -0.25) is 0 Å². The van der Waals surface area contributed by atoms with Crippen molar-refractivity contribution in [3.63, 3.8) is 0 Å². The Morgan fingerprint density at radius 3 is 2.58 bits per heavy atom. The molecule has 40 heavy (non-hydrogen) atoms. The SMILES string of the molecule is CC(C)(C)OC(=O)N[C@@H]1[C@@H]2CC3C[C@H]1C[C@@](CNc1nc(NCc4ccccc4OCC#N)ncc1C#N)(C3)C2. The summed E-state index contributed by atoms with van der Waals surface area (Å²) in [6.07, 6.45) is 6.72. The van der Waals surface area contributed by atoms with Gasteiger partial charge in [-0.15, -0.1) is 0 Å². The molecule has 10 nitrogen and oxygen atoms in total. The van der Waals surface area contributed by atoms with Crippen molar-refractivity contribution in [1.29, 1.82) is 10.5 Å². The number of hydrogen-bond acceptors (Lipinski definition) is 9. The van der Waals surface area contributed by atoms with Gasteiger partial charge in [0.1, 0.15) is 34.9 Å². The number of amides is 1. The third-order valence-electron chi connectivity index (χ3n) is 8.33. The first-order valence-electron chi connectivity index (χ1n) is 14.0. The van der Waals surface area contributed by atoms with Gasteiger partial charge < -0.3 is 25.4 Å². The van der Waals surface area contributed by atoms with Crippen LogP contribution in [0.1, 0.15) is 64.0 Å². The molecule has 4 aliphatic carbocycles. The molecule has 0 aliphatic heterocycles. The maximum Gasteiger partial charge on any atom is 0.407 e. The third kappa shape index (κ3) is 6.22. The molecule has 1 unspecified atom stereocenters. The number of carbonyl (C=O) groups excluding carboxylic acids is 1. The van der Waals surface area contributed by atoms with Crippen LogP contribution < -0.4 is 20.7 Å². The smallest absolute Gasteiger partial charge is 0.407 e. The van der Waals surface area contributed by atoms with E-state index in [1.807, 2.05) is 51.1 Å². The predicted molar refractivity (Wildman–Crippen MR) is 149 cm³/mol. The number of rotatable bonds is 9. The molecule has 4 saturated carbocycles. The lowest BCUT2D eigenvalue weighted by Gasteiger charge is -2.60. The Bertz CT molecular complexity index is 1310. The number of alkyl carbamates (subject to hydrolysis) is 1. The fourth-order valence-corrected chi connectivity index (χ4v) is 7.12. The van der Waals surface area contributed by atoms with Crippen LogP contribution in [0.4, 0.5) is 16.6 Å². The average Bonchev–Trinajstić information content (AvgIpc) is 2.91. The second-order valence-corrected chi connectivity index (χ2v) is 12.5. The standard InChI is InChI=1S/C30H37N7O3/c1-29(2,3)40-28(38)36-25-21-10-19-11-22(25)14-30(12-19,13-21)18-35-26-23(15-32)17-34-27(37-26)33-16-20-6-4-5-7-24(20)39-9-8-31/h4-7,17,19,21-22,25H,9-14,16,18H2,1-3H3,(H,36,38)(H2,33,34,35,37)/t19?,21-,22+,25-,30-. The molecule has 4 bridgehead atoms. The van der Waals surface area contributed by atoms with Crippen LogP contribution in [0.15, 0.2) is 30.5 Å². The average molecular weight is 544 g/mol. The van der Waals surface area contributed by atoms with E-state index in [2.05, 4.69) is 32.0 Å². The van der Waals surface area contributed by atoms with Crippen LogP contribution in [0.5, 0.6) is 5.75 Å². The number of benzene rings is 1. The van der Waals surface area contributed by atoms with Gasteiger partial charge in [-0.25, -0.2) is 9.78 Å². The highest BCUT2D eigenvalue weighted by molar-refractivity contribution is 5.68. The number of anilines is 2. The summed E-state index contributed by atoms with van der Waals surface area (Å²) < 4.78 is 11.1. The predicted octanol–water partition coefficient (Wildman–Crippen LogP) is 4.99. The quantitative estimate of drug-likeness (QED) is 0.398. The van der Waals surface area contributed by atoms with E-state index < -0.39 is 5.60 Å². The minimum atomic E-state index is -0.514.